The highest BCUT2D eigenvalue weighted by atomic mass is 35.5. The first-order chi connectivity index (χ1) is 13.0. The first-order valence-electron chi connectivity index (χ1n) is 8.37. The summed E-state index contributed by atoms with van der Waals surface area (Å²) in [5, 5.41) is 4.54. The molecule has 0 aliphatic carbocycles. The molecule has 27 heavy (non-hydrogen) atoms. The van der Waals surface area contributed by atoms with Gasteiger partial charge in [0.25, 0.3) is 5.56 Å². The van der Waals surface area contributed by atoms with Gasteiger partial charge >= 0.3 is 0 Å². The summed E-state index contributed by atoms with van der Waals surface area (Å²) < 4.78 is 1.61. The molecule has 1 amide bonds. The molecule has 1 N–H and O–H groups in total. The number of hydrogen-bond acceptors (Lipinski definition) is 4. The number of halogens is 2. The van der Waals surface area contributed by atoms with Crippen molar-refractivity contribution in [3.63, 3.8) is 0 Å². The molecule has 0 saturated carbocycles. The normalized spacial score (nSPS) is 10.9. The second-order valence-electron chi connectivity index (χ2n) is 5.80. The Morgan fingerprint density at radius 3 is 2.56 bits per heavy atom. The van der Waals surface area contributed by atoms with Crippen LogP contribution in [0.15, 0.2) is 52.4 Å². The van der Waals surface area contributed by atoms with Crippen molar-refractivity contribution in [1.29, 1.82) is 0 Å². The zero-order chi connectivity index (χ0) is 19.4. The van der Waals surface area contributed by atoms with E-state index in [1.54, 1.807) is 34.9 Å². The minimum absolute atomic E-state index is 0.0794. The Bertz CT molecular complexity index is 1030. The van der Waals surface area contributed by atoms with Gasteiger partial charge in [-0.05, 0) is 30.7 Å². The maximum atomic E-state index is 12.7. The number of para-hydroxylation sites is 2. The number of benzene rings is 2. The fraction of sp³-hybridized carbons (Fsp3) is 0.211. The van der Waals surface area contributed by atoms with Crippen molar-refractivity contribution >= 4 is 57.5 Å². The lowest BCUT2D eigenvalue weighted by Gasteiger charge is -2.13. The van der Waals surface area contributed by atoms with E-state index in [1.165, 1.54) is 11.8 Å². The maximum Gasteiger partial charge on any atom is 0.262 e. The first-order valence-corrected chi connectivity index (χ1v) is 10.1. The van der Waals surface area contributed by atoms with Crippen LogP contribution in [0.4, 0.5) is 5.69 Å². The Morgan fingerprint density at radius 1 is 1.15 bits per heavy atom. The molecule has 1 heterocycles. The molecule has 3 aromatic rings. The number of anilines is 1. The van der Waals surface area contributed by atoms with E-state index in [0.29, 0.717) is 38.3 Å². The fourth-order valence-electron chi connectivity index (χ4n) is 2.60. The number of thioether (sulfide) groups is 1. The largest absolute Gasteiger partial charge is 0.323 e. The molecule has 5 nitrogen and oxygen atoms in total. The van der Waals surface area contributed by atoms with Crippen LogP contribution < -0.4 is 10.9 Å². The monoisotopic (exact) mass is 421 g/mol. The average molecular weight is 422 g/mol. The van der Waals surface area contributed by atoms with E-state index >= 15 is 0 Å². The minimum atomic E-state index is -0.277. The molecular formula is C19H17Cl2N3O2S. The summed E-state index contributed by atoms with van der Waals surface area (Å²) in [7, 11) is 0. The number of hydrogen-bond donors (Lipinski definition) is 1. The number of nitrogens with zero attached hydrogens (tertiary/aromatic N) is 2. The third kappa shape index (κ3) is 4.46. The quantitative estimate of drug-likeness (QED) is 0.456. The highest BCUT2D eigenvalue weighted by molar-refractivity contribution is 7.99. The molecule has 140 valence electrons. The van der Waals surface area contributed by atoms with Gasteiger partial charge < -0.3 is 5.32 Å². The number of carbonyl (C=O) groups is 1. The molecule has 0 aliphatic heterocycles. The molecule has 0 bridgehead atoms. The van der Waals surface area contributed by atoms with Gasteiger partial charge in [0.1, 0.15) is 0 Å². The van der Waals surface area contributed by atoms with Gasteiger partial charge in [-0.1, -0.05) is 60.1 Å². The van der Waals surface area contributed by atoms with Crippen LogP contribution in [0.1, 0.15) is 13.3 Å². The van der Waals surface area contributed by atoms with Crippen LogP contribution >= 0.6 is 35.0 Å². The number of carbonyl (C=O) groups excluding carboxylic acids is 1. The Labute approximate surface area is 170 Å². The van der Waals surface area contributed by atoms with Crippen LogP contribution in [0.2, 0.25) is 10.0 Å². The van der Waals surface area contributed by atoms with E-state index in [4.69, 9.17) is 23.2 Å². The first kappa shape index (κ1) is 19.7. The van der Waals surface area contributed by atoms with Crippen molar-refractivity contribution in [2.45, 2.75) is 25.0 Å². The number of fused-ring (bicyclic) bond motifs is 1. The lowest BCUT2D eigenvalue weighted by Crippen LogP contribution is -2.24. The molecule has 0 atom stereocenters. The third-order valence-electron chi connectivity index (χ3n) is 3.83. The Hall–Kier alpha value is -2.02. The van der Waals surface area contributed by atoms with E-state index in [-0.39, 0.29) is 17.2 Å². The second kappa shape index (κ2) is 8.78. The molecule has 0 aliphatic rings. The van der Waals surface area contributed by atoms with Crippen LogP contribution in [0, 0.1) is 0 Å². The number of amides is 1. The molecule has 8 heteroatoms. The zero-order valence-electron chi connectivity index (χ0n) is 14.5. The predicted molar refractivity (Wildman–Crippen MR) is 112 cm³/mol. The van der Waals surface area contributed by atoms with E-state index in [9.17, 15) is 9.59 Å². The smallest absolute Gasteiger partial charge is 0.262 e. The molecule has 1 aromatic heterocycles. The zero-order valence-corrected chi connectivity index (χ0v) is 16.9. The summed E-state index contributed by atoms with van der Waals surface area (Å²) in [5.74, 6) is -0.198. The summed E-state index contributed by atoms with van der Waals surface area (Å²) in [6.45, 7) is 2.53. The highest BCUT2D eigenvalue weighted by Gasteiger charge is 2.14. The Kier molecular flexibility index (Phi) is 6.42. The lowest BCUT2D eigenvalue weighted by atomic mass is 10.2. The molecule has 3 rings (SSSR count). The summed E-state index contributed by atoms with van der Waals surface area (Å²) in [6.07, 6.45) is 0.787. The average Bonchev–Trinajstić information content (AvgIpc) is 2.66. The topological polar surface area (TPSA) is 64.0 Å². The van der Waals surface area contributed by atoms with Crippen molar-refractivity contribution in [1.82, 2.24) is 9.55 Å². The SMILES string of the molecule is CCCn1c(SCC(=O)Nc2c(Cl)cccc2Cl)nc2ccccc2c1=O. The summed E-state index contributed by atoms with van der Waals surface area (Å²) in [6, 6.07) is 12.2. The highest BCUT2D eigenvalue weighted by Crippen LogP contribution is 2.30. The van der Waals surface area contributed by atoms with E-state index < -0.39 is 0 Å². The predicted octanol–water partition coefficient (Wildman–Crippen LogP) is 4.84. The van der Waals surface area contributed by atoms with Crippen molar-refractivity contribution in [3.05, 3.63) is 62.9 Å². The standard InChI is InChI=1S/C19H17Cl2N3O2S/c1-2-10-24-18(26)12-6-3-4-9-15(12)22-19(24)27-11-16(25)23-17-13(20)7-5-8-14(17)21/h3-9H,2,10-11H2,1H3,(H,23,25). The van der Waals surface area contributed by atoms with Gasteiger partial charge in [-0.25, -0.2) is 4.98 Å². The van der Waals surface area contributed by atoms with Gasteiger partial charge in [0.05, 0.1) is 32.4 Å². The van der Waals surface area contributed by atoms with Gasteiger partial charge in [0.15, 0.2) is 5.16 Å². The second-order valence-corrected chi connectivity index (χ2v) is 7.56. The van der Waals surface area contributed by atoms with Crippen LogP contribution in [-0.4, -0.2) is 21.2 Å². The molecule has 0 radical (unpaired) electrons. The Morgan fingerprint density at radius 2 is 1.85 bits per heavy atom. The van der Waals surface area contributed by atoms with Gasteiger partial charge in [-0.2, -0.15) is 0 Å². The molecular weight excluding hydrogens is 405 g/mol. The number of rotatable bonds is 6. The maximum absolute atomic E-state index is 12.7. The van der Waals surface area contributed by atoms with Gasteiger partial charge in [-0.15, -0.1) is 0 Å². The summed E-state index contributed by atoms with van der Waals surface area (Å²) >= 11 is 13.4. The minimum Gasteiger partial charge on any atom is -0.323 e. The van der Waals surface area contributed by atoms with Crippen molar-refractivity contribution in [3.8, 4) is 0 Å². The van der Waals surface area contributed by atoms with Gasteiger partial charge in [0.2, 0.25) is 5.91 Å². The van der Waals surface area contributed by atoms with Crippen molar-refractivity contribution < 1.29 is 4.79 Å². The van der Waals surface area contributed by atoms with Gasteiger partial charge in [0, 0.05) is 6.54 Å². The lowest BCUT2D eigenvalue weighted by molar-refractivity contribution is -0.113. The molecule has 0 spiro atoms. The van der Waals surface area contributed by atoms with Crippen LogP contribution in [0.5, 0.6) is 0 Å². The van der Waals surface area contributed by atoms with Crippen molar-refractivity contribution in [2.75, 3.05) is 11.1 Å². The molecule has 0 saturated heterocycles. The van der Waals surface area contributed by atoms with Gasteiger partial charge in [-0.3, -0.25) is 14.2 Å². The van der Waals surface area contributed by atoms with E-state index in [2.05, 4.69) is 10.3 Å². The van der Waals surface area contributed by atoms with E-state index in [0.717, 1.165) is 6.42 Å². The number of aromatic nitrogens is 2. The number of nitrogens with one attached hydrogen (secondary N) is 1. The molecule has 0 unspecified atom stereocenters. The fourth-order valence-corrected chi connectivity index (χ4v) is 3.92. The Balaban J connectivity index is 1.83. The molecule has 0 fully saturated rings. The third-order valence-corrected chi connectivity index (χ3v) is 5.44. The van der Waals surface area contributed by atoms with Crippen LogP contribution in [0.3, 0.4) is 0 Å². The van der Waals surface area contributed by atoms with Crippen molar-refractivity contribution in [2.24, 2.45) is 0 Å². The van der Waals surface area contributed by atoms with Crippen LogP contribution in [-0.2, 0) is 11.3 Å². The van der Waals surface area contributed by atoms with Crippen LogP contribution in [0.25, 0.3) is 10.9 Å². The van der Waals surface area contributed by atoms with E-state index in [1.807, 2.05) is 19.1 Å². The summed E-state index contributed by atoms with van der Waals surface area (Å²) in [5.41, 5.74) is 0.898. The summed E-state index contributed by atoms with van der Waals surface area (Å²) in [4.78, 5) is 29.6. The molecule has 2 aromatic carbocycles.